The van der Waals surface area contributed by atoms with Gasteiger partial charge in [-0.1, -0.05) is 0 Å². The lowest BCUT2D eigenvalue weighted by Crippen LogP contribution is -2.36. The molecule has 1 aromatic carbocycles. The lowest BCUT2D eigenvalue weighted by atomic mass is 10.1. The molecule has 88 valence electrons. The summed E-state index contributed by atoms with van der Waals surface area (Å²) in [7, 11) is 1.69. The summed E-state index contributed by atoms with van der Waals surface area (Å²) in [6, 6.07) is 8.58. The number of benzene rings is 1. The van der Waals surface area contributed by atoms with E-state index in [-0.39, 0.29) is 0 Å². The van der Waals surface area contributed by atoms with Crippen molar-refractivity contribution in [3.63, 3.8) is 0 Å². The van der Waals surface area contributed by atoms with Crippen LogP contribution in [0, 0.1) is 0 Å². The molecule has 1 aliphatic heterocycles. The van der Waals surface area contributed by atoms with E-state index >= 15 is 0 Å². The van der Waals surface area contributed by atoms with Crippen LogP contribution in [0.15, 0.2) is 29.2 Å². The van der Waals surface area contributed by atoms with Crippen LogP contribution in [0.5, 0.6) is 5.75 Å². The Morgan fingerprint density at radius 2 is 1.88 bits per heavy atom. The van der Waals surface area contributed by atoms with Gasteiger partial charge in [0.25, 0.3) is 0 Å². The van der Waals surface area contributed by atoms with Crippen LogP contribution in [0.4, 0.5) is 0 Å². The van der Waals surface area contributed by atoms with E-state index in [9.17, 15) is 0 Å². The lowest BCUT2D eigenvalue weighted by Gasteiger charge is -2.28. The molecule has 0 atom stereocenters. The van der Waals surface area contributed by atoms with Crippen LogP contribution in [0.2, 0.25) is 0 Å². The van der Waals surface area contributed by atoms with E-state index in [2.05, 4.69) is 16.4 Å². The van der Waals surface area contributed by atoms with Crippen molar-refractivity contribution in [1.29, 1.82) is 0 Å². The molecule has 0 radical (unpaired) electrons. The van der Waals surface area contributed by atoms with Gasteiger partial charge in [0, 0.05) is 24.0 Å². The molecule has 1 aliphatic rings. The number of piperidine rings is 1. The minimum atomic E-state index is 0.396. The van der Waals surface area contributed by atoms with E-state index in [1.165, 1.54) is 4.90 Å². The van der Waals surface area contributed by atoms with Gasteiger partial charge in [-0.15, -0.1) is 0 Å². The van der Waals surface area contributed by atoms with Gasteiger partial charge in [0.15, 0.2) is 0 Å². The van der Waals surface area contributed by atoms with E-state index < -0.39 is 0 Å². The maximum Gasteiger partial charge on any atom is 0.118 e. The van der Waals surface area contributed by atoms with Gasteiger partial charge in [0.1, 0.15) is 5.75 Å². The highest BCUT2D eigenvalue weighted by Gasteiger charge is 2.16. The van der Waals surface area contributed by atoms with E-state index in [0.717, 1.165) is 31.7 Å². The average Bonchev–Trinajstić information content (AvgIpc) is 2.33. The zero-order valence-electron chi connectivity index (χ0n) is 9.56. The molecule has 0 bridgehead atoms. The van der Waals surface area contributed by atoms with Crippen LogP contribution in [0.25, 0.3) is 0 Å². The monoisotopic (exact) mass is 238 g/mol. The molecule has 0 unspecified atom stereocenters. The summed E-state index contributed by atoms with van der Waals surface area (Å²) in [5.74, 6) is 0.907. The van der Waals surface area contributed by atoms with E-state index in [1.54, 1.807) is 7.11 Å². The van der Waals surface area contributed by atoms with Gasteiger partial charge in [-0.05, 0) is 49.1 Å². The Balaban J connectivity index is 1.88. The fourth-order valence-corrected chi connectivity index (χ4v) is 2.70. The molecule has 1 aromatic rings. The first-order valence-corrected chi connectivity index (χ1v) is 6.38. The molecule has 2 rings (SSSR count). The van der Waals surface area contributed by atoms with E-state index in [1.807, 2.05) is 24.1 Å². The summed E-state index contributed by atoms with van der Waals surface area (Å²) < 4.78 is 7.51. The van der Waals surface area contributed by atoms with Gasteiger partial charge in [-0.25, -0.2) is 4.31 Å². The molecular weight excluding hydrogens is 220 g/mol. The Bertz CT molecular complexity index is 320. The fraction of sp³-hybridized carbons (Fsp3) is 0.500. The maximum absolute atomic E-state index is 5.88. The normalized spacial score (nSPS) is 18.6. The number of hydrogen-bond donors (Lipinski definition) is 1. The standard InChI is InChI=1S/C12H18N2OS/c1-15-11-2-4-12(5-3-11)16-14-8-6-10(13)7-9-14/h2-5,10H,6-9,13H2,1H3. The SMILES string of the molecule is COc1ccc(SN2CCC(N)CC2)cc1. The van der Waals surface area contributed by atoms with Crippen LogP contribution in [-0.2, 0) is 0 Å². The third kappa shape index (κ3) is 3.14. The fourth-order valence-electron chi connectivity index (χ4n) is 1.75. The third-order valence-corrected chi connectivity index (χ3v) is 3.90. The number of methoxy groups -OCH3 is 1. The van der Waals surface area contributed by atoms with Crippen molar-refractivity contribution < 1.29 is 4.74 Å². The van der Waals surface area contributed by atoms with Gasteiger partial charge in [-0.3, -0.25) is 0 Å². The first kappa shape index (κ1) is 11.8. The van der Waals surface area contributed by atoms with Crippen molar-refractivity contribution in [2.24, 2.45) is 5.73 Å². The van der Waals surface area contributed by atoms with E-state index in [4.69, 9.17) is 10.5 Å². The molecule has 0 aromatic heterocycles. The second-order valence-electron chi connectivity index (χ2n) is 4.03. The summed E-state index contributed by atoms with van der Waals surface area (Å²) in [5.41, 5.74) is 5.88. The molecule has 2 N–H and O–H groups in total. The summed E-state index contributed by atoms with van der Waals surface area (Å²) in [6.45, 7) is 2.16. The minimum absolute atomic E-state index is 0.396. The molecule has 0 saturated carbocycles. The van der Waals surface area contributed by atoms with Crippen LogP contribution in [-0.4, -0.2) is 30.5 Å². The number of ether oxygens (including phenoxy) is 1. The lowest BCUT2D eigenvalue weighted by molar-refractivity contribution is 0.346. The highest BCUT2D eigenvalue weighted by Crippen LogP contribution is 2.27. The second kappa shape index (κ2) is 5.57. The predicted molar refractivity (Wildman–Crippen MR) is 67.6 cm³/mol. The Labute approximate surface area is 101 Å². The Morgan fingerprint density at radius 3 is 2.44 bits per heavy atom. The van der Waals surface area contributed by atoms with Gasteiger partial charge in [0.05, 0.1) is 7.11 Å². The van der Waals surface area contributed by atoms with Crippen LogP contribution >= 0.6 is 11.9 Å². The van der Waals surface area contributed by atoms with Crippen molar-refractivity contribution in [3.05, 3.63) is 24.3 Å². The molecule has 16 heavy (non-hydrogen) atoms. The van der Waals surface area contributed by atoms with Crippen LogP contribution in [0.1, 0.15) is 12.8 Å². The summed E-state index contributed by atoms with van der Waals surface area (Å²) in [6.07, 6.45) is 2.20. The van der Waals surface area contributed by atoms with Crippen molar-refractivity contribution in [1.82, 2.24) is 4.31 Å². The molecule has 0 amide bonds. The maximum atomic E-state index is 5.88. The molecule has 3 nitrogen and oxygen atoms in total. The Hall–Kier alpha value is -0.710. The number of hydrogen-bond acceptors (Lipinski definition) is 4. The van der Waals surface area contributed by atoms with Gasteiger partial charge in [-0.2, -0.15) is 0 Å². The minimum Gasteiger partial charge on any atom is -0.497 e. The highest BCUT2D eigenvalue weighted by molar-refractivity contribution is 7.97. The molecule has 1 heterocycles. The second-order valence-corrected chi connectivity index (χ2v) is 5.20. The van der Waals surface area contributed by atoms with Crippen molar-refractivity contribution in [2.75, 3.05) is 20.2 Å². The average molecular weight is 238 g/mol. The molecule has 4 heteroatoms. The number of nitrogens with zero attached hydrogens (tertiary/aromatic N) is 1. The molecule has 1 saturated heterocycles. The van der Waals surface area contributed by atoms with Crippen LogP contribution in [0.3, 0.4) is 0 Å². The zero-order chi connectivity index (χ0) is 11.4. The number of rotatable bonds is 3. The molecule has 1 fully saturated rings. The van der Waals surface area contributed by atoms with Gasteiger partial charge in [0.2, 0.25) is 0 Å². The van der Waals surface area contributed by atoms with Crippen LogP contribution < -0.4 is 10.5 Å². The Morgan fingerprint density at radius 1 is 1.25 bits per heavy atom. The highest BCUT2D eigenvalue weighted by atomic mass is 32.2. The summed E-state index contributed by atoms with van der Waals surface area (Å²) in [4.78, 5) is 1.26. The smallest absolute Gasteiger partial charge is 0.118 e. The number of nitrogens with two attached hydrogens (primary N) is 1. The van der Waals surface area contributed by atoms with Gasteiger partial charge < -0.3 is 10.5 Å². The van der Waals surface area contributed by atoms with E-state index in [0.29, 0.717) is 6.04 Å². The molecule has 0 spiro atoms. The quantitative estimate of drug-likeness (QED) is 0.819. The summed E-state index contributed by atoms with van der Waals surface area (Å²) in [5, 5.41) is 0. The molecule has 0 aliphatic carbocycles. The predicted octanol–water partition coefficient (Wildman–Crippen LogP) is 2.13. The molecular formula is C12H18N2OS. The summed E-state index contributed by atoms with van der Waals surface area (Å²) >= 11 is 1.81. The largest absolute Gasteiger partial charge is 0.497 e. The Kier molecular flexibility index (Phi) is 4.09. The van der Waals surface area contributed by atoms with Gasteiger partial charge >= 0.3 is 0 Å². The first-order chi connectivity index (χ1) is 7.78. The van der Waals surface area contributed by atoms with Crippen molar-refractivity contribution in [2.45, 2.75) is 23.8 Å². The topological polar surface area (TPSA) is 38.5 Å². The zero-order valence-corrected chi connectivity index (χ0v) is 10.4. The van der Waals surface area contributed by atoms with Crippen molar-refractivity contribution >= 4 is 11.9 Å². The first-order valence-electron chi connectivity index (χ1n) is 5.60. The van der Waals surface area contributed by atoms with Crippen molar-refractivity contribution in [3.8, 4) is 5.75 Å². The third-order valence-electron chi connectivity index (χ3n) is 2.79.